The molecular weight excluding hydrogens is 278 g/mol. The van der Waals surface area contributed by atoms with Crippen LogP contribution in [-0.2, 0) is 9.53 Å². The lowest BCUT2D eigenvalue weighted by Gasteiger charge is -2.21. The molecule has 0 aromatic heterocycles. The van der Waals surface area contributed by atoms with Gasteiger partial charge in [-0.2, -0.15) is 0 Å². The molecule has 22 heavy (non-hydrogen) atoms. The second kappa shape index (κ2) is 14.0. The molecule has 0 rings (SSSR count). The molecule has 4 heteroatoms. The van der Waals surface area contributed by atoms with Crippen LogP contribution in [0.5, 0.6) is 0 Å². The van der Waals surface area contributed by atoms with Crippen molar-refractivity contribution in [2.45, 2.75) is 90.7 Å². The van der Waals surface area contributed by atoms with Gasteiger partial charge in [0.2, 0.25) is 0 Å². The van der Waals surface area contributed by atoms with Crippen molar-refractivity contribution in [2.75, 3.05) is 13.7 Å². The molecule has 1 unspecified atom stereocenters. The van der Waals surface area contributed by atoms with Crippen LogP contribution in [0.25, 0.3) is 0 Å². The predicted molar refractivity (Wildman–Crippen MR) is 91.9 cm³/mol. The first-order valence-corrected chi connectivity index (χ1v) is 9.02. The number of methoxy groups -OCH3 is 1. The molecule has 2 atom stereocenters. The normalized spacial score (nSPS) is 14.1. The van der Waals surface area contributed by atoms with Crippen molar-refractivity contribution in [1.82, 2.24) is 5.32 Å². The molecule has 0 aromatic carbocycles. The molecule has 0 saturated carbocycles. The second-order valence-electron chi connectivity index (χ2n) is 6.57. The third-order valence-corrected chi connectivity index (χ3v) is 4.09. The van der Waals surface area contributed by atoms with Gasteiger partial charge in [0.05, 0.1) is 13.2 Å². The zero-order valence-corrected chi connectivity index (χ0v) is 15.1. The fourth-order valence-electron chi connectivity index (χ4n) is 2.60. The maximum Gasteiger partial charge on any atom is 0.323 e. The molecule has 0 spiro atoms. The van der Waals surface area contributed by atoms with Crippen LogP contribution in [0.3, 0.4) is 0 Å². The van der Waals surface area contributed by atoms with Gasteiger partial charge in [-0.05, 0) is 12.3 Å². The van der Waals surface area contributed by atoms with Crippen molar-refractivity contribution in [3.63, 3.8) is 0 Å². The first kappa shape index (κ1) is 21.4. The highest BCUT2D eigenvalue weighted by Gasteiger charge is 2.22. The maximum atomic E-state index is 11.6. The average Bonchev–Trinajstić information content (AvgIpc) is 2.49. The van der Waals surface area contributed by atoms with Crippen LogP contribution in [0.2, 0.25) is 0 Å². The highest BCUT2D eigenvalue weighted by Crippen LogP contribution is 2.11. The number of hydrogen-bond acceptors (Lipinski definition) is 4. The number of esters is 1. The van der Waals surface area contributed by atoms with E-state index >= 15 is 0 Å². The Morgan fingerprint density at radius 3 is 2.09 bits per heavy atom. The molecule has 0 bridgehead atoms. The van der Waals surface area contributed by atoms with Crippen molar-refractivity contribution in [3.8, 4) is 0 Å². The van der Waals surface area contributed by atoms with Gasteiger partial charge in [0.15, 0.2) is 0 Å². The fraction of sp³-hybridized carbons (Fsp3) is 0.944. The summed E-state index contributed by atoms with van der Waals surface area (Å²) in [5.74, 6) is -0.1000. The minimum Gasteiger partial charge on any atom is -0.468 e. The first-order valence-electron chi connectivity index (χ1n) is 9.02. The number of unbranched alkanes of at least 4 members (excludes halogenated alkanes) is 7. The highest BCUT2D eigenvalue weighted by molar-refractivity contribution is 5.75. The largest absolute Gasteiger partial charge is 0.468 e. The Kier molecular flexibility index (Phi) is 13.6. The fourth-order valence-corrected chi connectivity index (χ4v) is 2.60. The van der Waals surface area contributed by atoms with Crippen molar-refractivity contribution in [1.29, 1.82) is 0 Å². The first-order chi connectivity index (χ1) is 10.5. The molecule has 2 N–H and O–H groups in total. The van der Waals surface area contributed by atoms with E-state index in [1.807, 2.05) is 13.8 Å². The van der Waals surface area contributed by atoms with Gasteiger partial charge >= 0.3 is 5.97 Å². The van der Waals surface area contributed by atoms with E-state index < -0.39 is 0 Å². The molecule has 0 saturated heterocycles. The summed E-state index contributed by atoms with van der Waals surface area (Å²) in [6.45, 7) is 6.63. The van der Waals surface area contributed by atoms with E-state index in [-0.39, 0.29) is 24.0 Å². The Balaban J connectivity index is 3.64. The standard InChI is InChI=1S/C18H37NO3/c1-5-6-7-8-9-10-11-12-13-16(20)14-19-17(15(2)3)18(21)22-4/h15-17,19-20H,5-14H2,1-4H3/t16?,17-/m0/s1. The minimum atomic E-state index is -0.383. The van der Waals surface area contributed by atoms with Gasteiger partial charge in [-0.1, -0.05) is 72.1 Å². The summed E-state index contributed by atoms with van der Waals surface area (Å²) in [6, 6.07) is -0.335. The van der Waals surface area contributed by atoms with Crippen molar-refractivity contribution >= 4 is 5.97 Å². The van der Waals surface area contributed by atoms with E-state index in [2.05, 4.69) is 12.2 Å². The number of aliphatic hydroxyl groups excluding tert-OH is 1. The lowest BCUT2D eigenvalue weighted by Crippen LogP contribution is -2.44. The lowest BCUT2D eigenvalue weighted by molar-refractivity contribution is -0.144. The maximum absolute atomic E-state index is 11.6. The average molecular weight is 315 g/mol. The second-order valence-corrected chi connectivity index (χ2v) is 6.57. The van der Waals surface area contributed by atoms with Crippen LogP contribution in [0.15, 0.2) is 0 Å². The van der Waals surface area contributed by atoms with Gasteiger partial charge in [0.1, 0.15) is 6.04 Å². The molecule has 0 radical (unpaired) electrons. The number of carbonyl (C=O) groups is 1. The number of ether oxygens (including phenoxy) is 1. The molecule has 0 aliphatic rings. The Morgan fingerprint density at radius 2 is 1.59 bits per heavy atom. The summed E-state index contributed by atoms with van der Waals surface area (Å²) in [5, 5.41) is 13.1. The van der Waals surface area contributed by atoms with Crippen LogP contribution < -0.4 is 5.32 Å². The number of aliphatic hydroxyl groups is 1. The summed E-state index contributed by atoms with van der Waals surface area (Å²) in [6.07, 6.45) is 10.6. The quantitative estimate of drug-likeness (QED) is 0.379. The van der Waals surface area contributed by atoms with E-state index in [1.165, 1.54) is 52.1 Å². The van der Waals surface area contributed by atoms with Crippen molar-refractivity contribution in [3.05, 3.63) is 0 Å². The van der Waals surface area contributed by atoms with E-state index in [0.29, 0.717) is 6.54 Å². The van der Waals surface area contributed by atoms with Gasteiger partial charge in [-0.15, -0.1) is 0 Å². The number of nitrogens with one attached hydrogen (secondary N) is 1. The van der Waals surface area contributed by atoms with Crippen LogP contribution in [-0.4, -0.2) is 36.9 Å². The smallest absolute Gasteiger partial charge is 0.323 e. The summed E-state index contributed by atoms with van der Waals surface area (Å²) in [7, 11) is 1.40. The van der Waals surface area contributed by atoms with Crippen LogP contribution in [0.4, 0.5) is 0 Å². The van der Waals surface area contributed by atoms with E-state index in [4.69, 9.17) is 4.74 Å². The molecule has 0 fully saturated rings. The SMILES string of the molecule is CCCCCCCCCCC(O)CN[C@H](C(=O)OC)C(C)C. The third kappa shape index (κ3) is 11.0. The van der Waals surface area contributed by atoms with Gasteiger partial charge in [0, 0.05) is 6.54 Å². The van der Waals surface area contributed by atoms with Crippen molar-refractivity contribution in [2.24, 2.45) is 5.92 Å². The van der Waals surface area contributed by atoms with Gasteiger partial charge in [-0.3, -0.25) is 4.79 Å². The topological polar surface area (TPSA) is 58.6 Å². The zero-order valence-electron chi connectivity index (χ0n) is 15.1. The van der Waals surface area contributed by atoms with E-state index in [0.717, 1.165) is 12.8 Å². The summed E-state index contributed by atoms with van der Waals surface area (Å²) in [4.78, 5) is 11.6. The molecular formula is C18H37NO3. The lowest BCUT2D eigenvalue weighted by atomic mass is 10.0. The summed E-state index contributed by atoms with van der Waals surface area (Å²) < 4.78 is 4.78. The van der Waals surface area contributed by atoms with Crippen LogP contribution >= 0.6 is 0 Å². The zero-order chi connectivity index (χ0) is 16.8. The van der Waals surface area contributed by atoms with Gasteiger partial charge in [-0.25, -0.2) is 0 Å². The third-order valence-electron chi connectivity index (χ3n) is 4.09. The molecule has 0 heterocycles. The van der Waals surface area contributed by atoms with Crippen LogP contribution in [0, 0.1) is 5.92 Å². The monoisotopic (exact) mass is 315 g/mol. The predicted octanol–water partition coefficient (Wildman–Crippen LogP) is 3.67. The molecule has 132 valence electrons. The van der Waals surface area contributed by atoms with Gasteiger partial charge in [0.25, 0.3) is 0 Å². The van der Waals surface area contributed by atoms with Gasteiger partial charge < -0.3 is 15.2 Å². The van der Waals surface area contributed by atoms with E-state index in [1.54, 1.807) is 0 Å². The Hall–Kier alpha value is -0.610. The Bertz CT molecular complexity index is 269. The Labute approximate surface area is 137 Å². The number of carbonyl (C=O) groups excluding carboxylic acids is 1. The molecule has 0 aliphatic heterocycles. The summed E-state index contributed by atoms with van der Waals surface area (Å²) >= 11 is 0. The summed E-state index contributed by atoms with van der Waals surface area (Å²) in [5.41, 5.74) is 0. The van der Waals surface area contributed by atoms with Crippen LogP contribution in [0.1, 0.15) is 78.6 Å². The molecule has 0 aliphatic carbocycles. The molecule has 0 amide bonds. The number of rotatable bonds is 14. The minimum absolute atomic E-state index is 0.155. The van der Waals surface area contributed by atoms with E-state index in [9.17, 15) is 9.90 Å². The van der Waals surface area contributed by atoms with Crippen molar-refractivity contribution < 1.29 is 14.6 Å². The Morgan fingerprint density at radius 1 is 1.05 bits per heavy atom. The highest BCUT2D eigenvalue weighted by atomic mass is 16.5. The molecule has 4 nitrogen and oxygen atoms in total. The number of hydrogen-bond donors (Lipinski definition) is 2. The molecule has 0 aromatic rings.